The highest BCUT2D eigenvalue weighted by molar-refractivity contribution is 6.42. The van der Waals surface area contributed by atoms with E-state index in [-0.39, 0.29) is 35.9 Å². The van der Waals surface area contributed by atoms with Crippen LogP contribution in [0.4, 0.5) is 0 Å². The zero-order chi connectivity index (χ0) is 29.1. The third kappa shape index (κ3) is 6.80. The summed E-state index contributed by atoms with van der Waals surface area (Å²) in [6, 6.07) is 5.76. The predicted molar refractivity (Wildman–Crippen MR) is 149 cm³/mol. The molecule has 0 radical (unpaired) electrons. The molecule has 1 aliphatic rings. The number of hydrogen-bond donors (Lipinski definition) is 5. The topological polar surface area (TPSA) is 159 Å². The molecule has 0 bridgehead atoms. The summed E-state index contributed by atoms with van der Waals surface area (Å²) in [6.45, 7) is -0.546. The van der Waals surface area contributed by atoms with E-state index >= 15 is 0 Å². The number of carbonyl (C=O) groups is 3. The minimum absolute atomic E-state index is 0.0228. The van der Waals surface area contributed by atoms with Crippen molar-refractivity contribution in [3.63, 3.8) is 0 Å². The second-order valence-electron chi connectivity index (χ2n) is 9.28. The molecule has 15 heteroatoms. The fourth-order valence-corrected chi connectivity index (χ4v) is 5.38. The van der Waals surface area contributed by atoms with Crippen molar-refractivity contribution in [2.45, 2.75) is 36.9 Å². The van der Waals surface area contributed by atoms with Crippen molar-refractivity contribution >= 4 is 64.1 Å². The van der Waals surface area contributed by atoms with Crippen molar-refractivity contribution in [1.82, 2.24) is 25.7 Å². The van der Waals surface area contributed by atoms with Gasteiger partial charge >= 0.3 is 0 Å². The minimum atomic E-state index is -1.70. The molecule has 5 N–H and O–H groups in total. The van der Waals surface area contributed by atoms with Gasteiger partial charge in [0.2, 0.25) is 11.1 Å². The Bertz CT molecular complexity index is 1410. The number of aromatic nitrogens is 2. The number of imide groups is 1. The zero-order valence-electron chi connectivity index (χ0n) is 21.0. The Kier molecular flexibility index (Phi) is 9.78. The number of aryl methyl sites for hydroxylation is 1. The first-order valence-corrected chi connectivity index (χ1v) is 13.6. The summed E-state index contributed by atoms with van der Waals surface area (Å²) in [7, 11) is 1.68. The van der Waals surface area contributed by atoms with Gasteiger partial charge in [-0.1, -0.05) is 40.9 Å². The van der Waals surface area contributed by atoms with Crippen molar-refractivity contribution in [1.29, 1.82) is 0 Å². The number of piperidine rings is 1. The molecule has 3 heterocycles. The number of amides is 3. The highest BCUT2D eigenvalue weighted by atomic mass is 35.5. The van der Waals surface area contributed by atoms with E-state index in [9.17, 15) is 19.5 Å². The van der Waals surface area contributed by atoms with Crippen LogP contribution in [0.15, 0.2) is 34.9 Å². The number of nitrogens with zero attached hydrogens (tertiary/aromatic N) is 2. The maximum absolute atomic E-state index is 13.2. The van der Waals surface area contributed by atoms with Crippen molar-refractivity contribution in [3.05, 3.63) is 62.1 Å². The van der Waals surface area contributed by atoms with Crippen molar-refractivity contribution in [3.8, 4) is 11.3 Å². The van der Waals surface area contributed by atoms with Gasteiger partial charge in [0.25, 0.3) is 11.8 Å². The van der Waals surface area contributed by atoms with Crippen LogP contribution in [-0.4, -0.2) is 69.1 Å². The SMILES string of the molecule is Cn1ncc(Cl)c1-c1cc(C(=O)N[C@@H]2CNC(CC(=O)NC(=O)C(O)CO)C[C@H]2c2ccc(Cl)c(Cl)c2)oc1Cl. The minimum Gasteiger partial charge on any atom is -0.439 e. The van der Waals surface area contributed by atoms with Gasteiger partial charge in [-0.2, -0.15) is 5.10 Å². The van der Waals surface area contributed by atoms with E-state index < -0.39 is 36.5 Å². The quantitative estimate of drug-likeness (QED) is 0.254. The molecule has 3 aromatic rings. The second-order valence-corrected chi connectivity index (χ2v) is 10.8. The highest BCUT2D eigenvalue weighted by Crippen LogP contribution is 2.36. The van der Waals surface area contributed by atoms with Gasteiger partial charge in [-0.05, 0) is 35.7 Å². The molecular formula is C25H25Cl4N5O6. The summed E-state index contributed by atoms with van der Waals surface area (Å²) >= 11 is 24.9. The Morgan fingerprint density at radius 2 is 1.93 bits per heavy atom. The Hall–Kier alpha value is -2.64. The van der Waals surface area contributed by atoms with Crippen molar-refractivity contribution in [2.75, 3.05) is 13.2 Å². The van der Waals surface area contributed by atoms with Gasteiger partial charge in [0, 0.05) is 44.1 Å². The molecule has 214 valence electrons. The molecule has 2 unspecified atom stereocenters. The van der Waals surface area contributed by atoms with Crippen LogP contribution >= 0.6 is 46.4 Å². The summed E-state index contributed by atoms with van der Waals surface area (Å²) in [5.41, 5.74) is 1.68. The first kappa shape index (κ1) is 30.3. The van der Waals surface area contributed by atoms with Crippen LogP contribution in [0.1, 0.15) is 34.9 Å². The number of halogens is 4. The zero-order valence-corrected chi connectivity index (χ0v) is 24.0. The molecule has 0 aliphatic carbocycles. The summed E-state index contributed by atoms with van der Waals surface area (Å²) in [6.07, 6.45) is 0.0420. The van der Waals surface area contributed by atoms with Crippen molar-refractivity contribution in [2.24, 2.45) is 7.05 Å². The van der Waals surface area contributed by atoms with Crippen LogP contribution in [-0.2, 0) is 16.6 Å². The molecule has 2 aromatic heterocycles. The Morgan fingerprint density at radius 3 is 2.58 bits per heavy atom. The summed E-state index contributed by atoms with van der Waals surface area (Å²) < 4.78 is 7.05. The highest BCUT2D eigenvalue weighted by Gasteiger charge is 2.35. The van der Waals surface area contributed by atoms with Crippen LogP contribution in [0.25, 0.3) is 11.3 Å². The van der Waals surface area contributed by atoms with Gasteiger partial charge in [0.15, 0.2) is 11.9 Å². The van der Waals surface area contributed by atoms with E-state index in [0.29, 0.717) is 32.7 Å². The summed E-state index contributed by atoms with van der Waals surface area (Å²) in [4.78, 5) is 37.4. The molecule has 4 atom stereocenters. The molecule has 11 nitrogen and oxygen atoms in total. The standard InChI is InChI=1S/C25H25Cl4N5O6/c1-34-22(17(28)8-31-34)14-7-20(40-23(14)29)25(39)32-18-9-30-12(6-21(37)33-24(38)19(36)10-35)5-13(18)11-2-3-15(26)16(27)4-11/h2-4,7-8,12-13,18-19,30,35-36H,5-6,9-10H2,1H3,(H,32,39)(H,33,37,38)/t12?,13-,18+,19?/m0/s1. The van der Waals surface area contributed by atoms with E-state index in [1.54, 1.807) is 25.2 Å². The number of aliphatic hydroxyl groups is 2. The molecule has 1 fully saturated rings. The molecule has 0 spiro atoms. The lowest BCUT2D eigenvalue weighted by molar-refractivity contribution is -0.137. The van der Waals surface area contributed by atoms with Crippen LogP contribution < -0.4 is 16.0 Å². The van der Waals surface area contributed by atoms with E-state index in [1.807, 2.05) is 0 Å². The van der Waals surface area contributed by atoms with E-state index in [4.69, 9.17) is 55.9 Å². The lowest BCUT2D eigenvalue weighted by atomic mass is 9.81. The smallest absolute Gasteiger partial charge is 0.287 e. The van der Waals surface area contributed by atoms with Gasteiger partial charge in [-0.15, -0.1) is 0 Å². The van der Waals surface area contributed by atoms with E-state index in [0.717, 1.165) is 5.56 Å². The Labute approximate surface area is 248 Å². The molecular weight excluding hydrogens is 608 g/mol. The number of benzene rings is 1. The van der Waals surface area contributed by atoms with E-state index in [2.05, 4.69) is 21.0 Å². The number of aliphatic hydroxyl groups excluding tert-OH is 2. The number of carbonyl (C=O) groups excluding carboxylic acids is 3. The number of nitrogens with one attached hydrogen (secondary N) is 3. The first-order chi connectivity index (χ1) is 19.0. The number of rotatable bonds is 8. The average Bonchev–Trinajstić information content (AvgIpc) is 3.46. The summed E-state index contributed by atoms with van der Waals surface area (Å²) in [5, 5.41) is 31.6. The molecule has 1 aromatic carbocycles. The lowest BCUT2D eigenvalue weighted by Gasteiger charge is -2.37. The monoisotopic (exact) mass is 631 g/mol. The van der Waals surface area contributed by atoms with Gasteiger partial charge in [-0.3, -0.25) is 24.4 Å². The third-order valence-electron chi connectivity index (χ3n) is 6.57. The van der Waals surface area contributed by atoms with Gasteiger partial charge in [0.05, 0.1) is 39.1 Å². The largest absolute Gasteiger partial charge is 0.439 e. The van der Waals surface area contributed by atoms with Gasteiger partial charge in [0.1, 0.15) is 0 Å². The maximum Gasteiger partial charge on any atom is 0.287 e. The first-order valence-electron chi connectivity index (χ1n) is 12.1. The number of furan rings is 1. The number of hydrogen-bond acceptors (Lipinski definition) is 8. The molecule has 1 saturated heterocycles. The average molecular weight is 633 g/mol. The van der Waals surface area contributed by atoms with Crippen LogP contribution in [0.5, 0.6) is 0 Å². The molecule has 40 heavy (non-hydrogen) atoms. The molecule has 4 rings (SSSR count). The summed E-state index contributed by atoms with van der Waals surface area (Å²) in [5.74, 6) is -2.49. The van der Waals surface area contributed by atoms with Gasteiger partial charge < -0.3 is 25.3 Å². The normalized spacial score (nSPS) is 19.7. The fraction of sp³-hybridized carbons (Fsp3) is 0.360. The molecule has 3 amide bonds. The Balaban J connectivity index is 1.52. The molecule has 0 saturated carbocycles. The molecule has 1 aliphatic heterocycles. The lowest BCUT2D eigenvalue weighted by Crippen LogP contribution is -2.54. The van der Waals surface area contributed by atoms with Crippen LogP contribution in [0.2, 0.25) is 20.3 Å². The maximum atomic E-state index is 13.2. The van der Waals surface area contributed by atoms with Crippen LogP contribution in [0, 0.1) is 0 Å². The van der Waals surface area contributed by atoms with Gasteiger partial charge in [-0.25, -0.2) is 0 Å². The fourth-order valence-electron chi connectivity index (χ4n) is 4.58. The Morgan fingerprint density at radius 1 is 1.18 bits per heavy atom. The van der Waals surface area contributed by atoms with E-state index in [1.165, 1.54) is 16.9 Å². The van der Waals surface area contributed by atoms with Crippen molar-refractivity contribution < 1.29 is 29.0 Å². The van der Waals surface area contributed by atoms with Crippen LogP contribution in [0.3, 0.4) is 0 Å². The third-order valence-corrected chi connectivity index (χ3v) is 7.87. The second kappa shape index (κ2) is 12.9. The predicted octanol–water partition coefficient (Wildman–Crippen LogP) is 2.92.